The minimum Gasteiger partial charge on any atom is -0.468 e. The number of para-hydroxylation sites is 1. The first-order chi connectivity index (χ1) is 12.7. The largest absolute Gasteiger partial charge is 0.468 e. The summed E-state index contributed by atoms with van der Waals surface area (Å²) in [6.45, 7) is 4.03. The van der Waals surface area contributed by atoms with Crippen LogP contribution >= 0.6 is 11.8 Å². The van der Waals surface area contributed by atoms with E-state index in [0.717, 1.165) is 5.56 Å². The summed E-state index contributed by atoms with van der Waals surface area (Å²) in [5, 5.41) is 0.367. The van der Waals surface area contributed by atoms with Crippen molar-refractivity contribution < 1.29 is 9.53 Å². The lowest BCUT2D eigenvalue weighted by Gasteiger charge is -2.17. The van der Waals surface area contributed by atoms with E-state index >= 15 is 0 Å². The minimum atomic E-state index is -0.620. The average molecular weight is 366 g/mol. The second-order valence-corrected chi connectivity index (χ2v) is 6.62. The van der Waals surface area contributed by atoms with Crippen molar-refractivity contribution in [3.05, 3.63) is 83.2 Å². The number of thioether (sulfide) groups is 1. The van der Waals surface area contributed by atoms with Gasteiger partial charge in [-0.15, -0.1) is 6.58 Å². The molecule has 0 bridgehead atoms. The van der Waals surface area contributed by atoms with Crippen LogP contribution in [0.3, 0.4) is 0 Å². The van der Waals surface area contributed by atoms with Crippen LogP contribution in [0.5, 0.6) is 0 Å². The summed E-state index contributed by atoms with van der Waals surface area (Å²) in [5.41, 5.74) is 1.23. The predicted molar refractivity (Wildman–Crippen MR) is 103 cm³/mol. The molecule has 0 radical (unpaired) electrons. The lowest BCUT2D eigenvalue weighted by molar-refractivity contribution is -0.140. The smallest absolute Gasteiger partial charge is 0.323 e. The Morgan fingerprint density at radius 2 is 1.92 bits per heavy atom. The molecular weight excluding hydrogens is 348 g/mol. The van der Waals surface area contributed by atoms with Crippen LogP contribution in [0, 0.1) is 0 Å². The summed E-state index contributed by atoms with van der Waals surface area (Å²) in [6.07, 6.45) is 1.64. The predicted octanol–water partition coefficient (Wildman–Crippen LogP) is 3.59. The molecule has 3 rings (SSSR count). The molecule has 0 saturated carbocycles. The van der Waals surface area contributed by atoms with E-state index in [1.54, 1.807) is 24.3 Å². The highest BCUT2D eigenvalue weighted by atomic mass is 32.2. The topological polar surface area (TPSA) is 61.2 Å². The zero-order valence-electron chi connectivity index (χ0n) is 14.3. The highest BCUT2D eigenvalue weighted by molar-refractivity contribution is 8.00. The number of carbonyl (C=O) groups excluding carboxylic acids is 1. The molecular formula is C20H18N2O3S. The number of ether oxygens (including phenoxy) is 1. The van der Waals surface area contributed by atoms with E-state index in [-0.39, 0.29) is 5.56 Å². The standard InChI is InChI=1S/C20H18N2O3S/c1-3-13-22-18(23)15-11-7-8-12-16(15)21-20(22)26-17(19(24)25-2)14-9-5-4-6-10-14/h3-12,17H,1,13H2,2H3/t17-/m1/s1. The van der Waals surface area contributed by atoms with E-state index < -0.39 is 11.2 Å². The lowest BCUT2D eigenvalue weighted by atomic mass is 10.1. The van der Waals surface area contributed by atoms with Crippen molar-refractivity contribution >= 4 is 28.6 Å². The van der Waals surface area contributed by atoms with Crippen molar-refractivity contribution in [2.45, 2.75) is 17.0 Å². The number of carbonyl (C=O) groups is 1. The van der Waals surface area contributed by atoms with Gasteiger partial charge in [-0.05, 0) is 17.7 Å². The summed E-state index contributed by atoms with van der Waals surface area (Å²) < 4.78 is 6.49. The molecule has 1 heterocycles. The number of rotatable bonds is 6. The second kappa shape index (κ2) is 8.01. The second-order valence-electron chi connectivity index (χ2n) is 5.55. The van der Waals surface area contributed by atoms with E-state index in [9.17, 15) is 9.59 Å². The molecule has 0 aliphatic carbocycles. The van der Waals surface area contributed by atoms with E-state index in [0.29, 0.717) is 22.6 Å². The number of aromatic nitrogens is 2. The number of esters is 1. The van der Waals surface area contributed by atoms with Gasteiger partial charge in [0.05, 0.1) is 18.0 Å². The summed E-state index contributed by atoms with van der Waals surface area (Å²) in [5.74, 6) is -0.395. The van der Waals surface area contributed by atoms with Gasteiger partial charge in [-0.1, -0.05) is 60.3 Å². The zero-order chi connectivity index (χ0) is 18.5. The molecule has 3 aromatic rings. The third kappa shape index (κ3) is 3.55. The fraction of sp³-hybridized carbons (Fsp3) is 0.150. The fourth-order valence-electron chi connectivity index (χ4n) is 2.62. The summed E-state index contributed by atoms with van der Waals surface area (Å²) >= 11 is 1.20. The van der Waals surface area contributed by atoms with Crippen molar-refractivity contribution in [1.82, 2.24) is 9.55 Å². The van der Waals surface area contributed by atoms with E-state index in [1.165, 1.54) is 23.4 Å². The molecule has 0 amide bonds. The van der Waals surface area contributed by atoms with Crippen LogP contribution in [-0.2, 0) is 16.1 Å². The Hall–Kier alpha value is -2.86. The Balaban J connectivity index is 2.13. The maximum atomic E-state index is 12.8. The fourth-order valence-corrected chi connectivity index (χ4v) is 3.75. The first kappa shape index (κ1) is 17.9. The summed E-state index contributed by atoms with van der Waals surface area (Å²) in [6, 6.07) is 16.5. The van der Waals surface area contributed by atoms with Gasteiger partial charge in [0.15, 0.2) is 5.16 Å². The van der Waals surface area contributed by atoms with Gasteiger partial charge in [0.2, 0.25) is 0 Å². The molecule has 132 valence electrons. The number of allylic oxidation sites excluding steroid dienone is 1. The van der Waals surface area contributed by atoms with E-state index in [1.807, 2.05) is 36.4 Å². The molecule has 2 aromatic carbocycles. The SMILES string of the molecule is C=CCn1c(S[C@@H](C(=O)OC)c2ccccc2)nc2ccccc2c1=O. The van der Waals surface area contributed by atoms with Gasteiger partial charge < -0.3 is 4.74 Å². The number of nitrogens with zero attached hydrogens (tertiary/aromatic N) is 2. The molecule has 5 nitrogen and oxygen atoms in total. The molecule has 1 atom stereocenters. The molecule has 6 heteroatoms. The Bertz CT molecular complexity index is 999. The van der Waals surface area contributed by atoms with Crippen LogP contribution in [0.25, 0.3) is 10.9 Å². The van der Waals surface area contributed by atoms with Gasteiger partial charge in [-0.2, -0.15) is 0 Å². The number of hydrogen-bond acceptors (Lipinski definition) is 5. The van der Waals surface area contributed by atoms with Crippen LogP contribution < -0.4 is 5.56 Å². The van der Waals surface area contributed by atoms with Gasteiger partial charge in [0, 0.05) is 6.54 Å². The zero-order valence-corrected chi connectivity index (χ0v) is 15.1. The van der Waals surface area contributed by atoms with Crippen LogP contribution in [0.4, 0.5) is 0 Å². The van der Waals surface area contributed by atoms with Gasteiger partial charge in [0.1, 0.15) is 5.25 Å². The first-order valence-corrected chi connectivity index (χ1v) is 8.93. The maximum Gasteiger partial charge on any atom is 0.323 e. The van der Waals surface area contributed by atoms with Gasteiger partial charge >= 0.3 is 5.97 Å². The molecule has 0 fully saturated rings. The molecule has 0 aliphatic heterocycles. The normalized spacial score (nSPS) is 11.9. The van der Waals surface area contributed by atoms with Gasteiger partial charge in [-0.25, -0.2) is 4.98 Å². The molecule has 26 heavy (non-hydrogen) atoms. The third-order valence-electron chi connectivity index (χ3n) is 3.88. The Kier molecular flexibility index (Phi) is 5.53. The number of benzene rings is 2. The van der Waals surface area contributed by atoms with Crippen LogP contribution in [0.15, 0.2) is 77.2 Å². The van der Waals surface area contributed by atoms with Crippen LogP contribution in [-0.4, -0.2) is 22.6 Å². The first-order valence-electron chi connectivity index (χ1n) is 8.05. The van der Waals surface area contributed by atoms with Crippen LogP contribution in [0.1, 0.15) is 10.8 Å². The van der Waals surface area contributed by atoms with Crippen molar-refractivity contribution in [1.29, 1.82) is 0 Å². The number of methoxy groups -OCH3 is 1. The van der Waals surface area contributed by atoms with Crippen molar-refractivity contribution in [3.63, 3.8) is 0 Å². The molecule has 0 spiro atoms. The Morgan fingerprint density at radius 3 is 2.62 bits per heavy atom. The van der Waals surface area contributed by atoms with Crippen molar-refractivity contribution in [2.24, 2.45) is 0 Å². The minimum absolute atomic E-state index is 0.158. The monoisotopic (exact) mass is 366 g/mol. The lowest BCUT2D eigenvalue weighted by Crippen LogP contribution is -2.24. The molecule has 0 unspecified atom stereocenters. The molecule has 0 N–H and O–H groups in total. The number of fused-ring (bicyclic) bond motifs is 1. The maximum absolute atomic E-state index is 12.8. The van der Waals surface area contributed by atoms with Crippen molar-refractivity contribution in [2.75, 3.05) is 7.11 Å². The third-order valence-corrected chi connectivity index (χ3v) is 5.10. The Labute approximate surface area is 155 Å². The van der Waals surface area contributed by atoms with Gasteiger partial charge in [-0.3, -0.25) is 14.2 Å². The number of hydrogen-bond donors (Lipinski definition) is 0. The Morgan fingerprint density at radius 1 is 1.23 bits per heavy atom. The average Bonchev–Trinajstić information content (AvgIpc) is 2.69. The van der Waals surface area contributed by atoms with Crippen LogP contribution in [0.2, 0.25) is 0 Å². The molecule has 0 saturated heterocycles. The highest BCUT2D eigenvalue weighted by Gasteiger charge is 2.25. The highest BCUT2D eigenvalue weighted by Crippen LogP contribution is 2.35. The molecule has 0 aliphatic rings. The summed E-state index contributed by atoms with van der Waals surface area (Å²) in [4.78, 5) is 29.8. The van der Waals surface area contributed by atoms with Crippen molar-refractivity contribution in [3.8, 4) is 0 Å². The summed E-state index contributed by atoms with van der Waals surface area (Å²) in [7, 11) is 1.35. The van der Waals surface area contributed by atoms with E-state index in [2.05, 4.69) is 11.6 Å². The van der Waals surface area contributed by atoms with E-state index in [4.69, 9.17) is 4.74 Å². The quantitative estimate of drug-likeness (QED) is 0.289. The van der Waals surface area contributed by atoms with Gasteiger partial charge in [0.25, 0.3) is 5.56 Å². The molecule has 1 aromatic heterocycles.